The average molecular weight is 260 g/mol. The highest BCUT2D eigenvalue weighted by molar-refractivity contribution is 6.13. The molecular formula is C18H14NO+. The van der Waals surface area contributed by atoms with Crippen LogP contribution in [-0.4, -0.2) is 5.11 Å². The van der Waals surface area contributed by atoms with Gasteiger partial charge in [0.2, 0.25) is 5.52 Å². The summed E-state index contributed by atoms with van der Waals surface area (Å²) in [6.07, 6.45) is 2.07. The number of aromatic nitrogens is 1. The SMILES string of the molecule is C[n+]1cc2cc(O)ccc2c2ccc3ccccc3c21. The molecule has 2 nitrogen and oxygen atoms in total. The van der Waals surface area contributed by atoms with Gasteiger partial charge in [0.1, 0.15) is 12.8 Å². The average Bonchev–Trinajstić information content (AvgIpc) is 2.46. The fraction of sp³-hybridized carbons (Fsp3) is 0.0556. The Kier molecular flexibility index (Phi) is 2.21. The predicted octanol–water partition coefficient (Wildman–Crippen LogP) is 3.68. The molecule has 0 unspecified atom stereocenters. The van der Waals surface area contributed by atoms with Crippen LogP contribution in [0.1, 0.15) is 0 Å². The Morgan fingerprint density at radius 2 is 1.60 bits per heavy atom. The van der Waals surface area contributed by atoms with Crippen LogP contribution in [0.15, 0.2) is 60.8 Å². The van der Waals surface area contributed by atoms with E-state index >= 15 is 0 Å². The molecule has 2 heteroatoms. The number of phenols is 1. The molecule has 4 aromatic rings. The van der Waals surface area contributed by atoms with Gasteiger partial charge in [-0.15, -0.1) is 0 Å². The van der Waals surface area contributed by atoms with E-state index in [4.69, 9.17) is 0 Å². The van der Waals surface area contributed by atoms with Crippen molar-refractivity contribution in [2.24, 2.45) is 7.05 Å². The molecule has 0 fully saturated rings. The summed E-state index contributed by atoms with van der Waals surface area (Å²) in [4.78, 5) is 0. The summed E-state index contributed by atoms with van der Waals surface area (Å²) in [5, 5.41) is 15.6. The van der Waals surface area contributed by atoms with Gasteiger partial charge in [-0.25, -0.2) is 0 Å². The van der Waals surface area contributed by atoms with E-state index < -0.39 is 0 Å². The molecule has 96 valence electrons. The van der Waals surface area contributed by atoms with E-state index in [9.17, 15) is 5.11 Å². The van der Waals surface area contributed by atoms with Gasteiger partial charge in [-0.3, -0.25) is 0 Å². The summed E-state index contributed by atoms with van der Waals surface area (Å²) in [5.41, 5.74) is 1.22. The topological polar surface area (TPSA) is 24.1 Å². The molecule has 0 radical (unpaired) electrons. The van der Waals surface area contributed by atoms with Gasteiger partial charge >= 0.3 is 0 Å². The summed E-state index contributed by atoms with van der Waals surface area (Å²) in [6.45, 7) is 0. The van der Waals surface area contributed by atoms with Gasteiger partial charge in [-0.2, -0.15) is 4.57 Å². The molecular weight excluding hydrogens is 246 g/mol. The standard InChI is InChI=1S/C18H13NO/c1-19-11-13-10-14(20)7-9-15(13)17-8-6-12-4-2-3-5-16(12)18(17)19/h2-11H,1H3/p+1. The minimum absolute atomic E-state index is 0.303. The molecule has 4 rings (SSSR count). The van der Waals surface area contributed by atoms with Crippen LogP contribution >= 0.6 is 0 Å². The summed E-state index contributed by atoms with van der Waals surface area (Å²) >= 11 is 0. The highest BCUT2D eigenvalue weighted by atomic mass is 16.3. The van der Waals surface area contributed by atoms with Crippen molar-refractivity contribution in [1.29, 1.82) is 0 Å². The molecule has 0 aliphatic rings. The molecule has 0 aliphatic carbocycles. The van der Waals surface area contributed by atoms with Crippen molar-refractivity contribution in [3.8, 4) is 5.75 Å². The second kappa shape index (κ2) is 3.94. The van der Waals surface area contributed by atoms with Crippen molar-refractivity contribution in [1.82, 2.24) is 0 Å². The van der Waals surface area contributed by atoms with Gasteiger partial charge in [-0.1, -0.05) is 24.3 Å². The van der Waals surface area contributed by atoms with Gasteiger partial charge < -0.3 is 5.11 Å². The molecule has 0 atom stereocenters. The molecule has 0 aliphatic heterocycles. The van der Waals surface area contributed by atoms with E-state index in [1.165, 1.54) is 27.1 Å². The number of hydrogen-bond acceptors (Lipinski definition) is 1. The largest absolute Gasteiger partial charge is 0.508 e. The summed E-state index contributed by atoms with van der Waals surface area (Å²) in [6, 6.07) is 18.3. The highest BCUT2D eigenvalue weighted by Crippen LogP contribution is 2.29. The lowest BCUT2D eigenvalue weighted by atomic mass is 10.0. The van der Waals surface area contributed by atoms with E-state index in [2.05, 4.69) is 54.2 Å². The van der Waals surface area contributed by atoms with E-state index in [-0.39, 0.29) is 0 Å². The first-order chi connectivity index (χ1) is 9.74. The Morgan fingerprint density at radius 1 is 0.800 bits per heavy atom. The molecule has 1 heterocycles. The first-order valence-electron chi connectivity index (χ1n) is 6.67. The van der Waals surface area contributed by atoms with Gasteiger partial charge in [-0.05, 0) is 35.7 Å². The quantitative estimate of drug-likeness (QED) is 0.378. The third kappa shape index (κ3) is 1.48. The highest BCUT2D eigenvalue weighted by Gasteiger charge is 2.13. The zero-order valence-corrected chi connectivity index (χ0v) is 11.2. The number of fused-ring (bicyclic) bond motifs is 5. The van der Waals surface area contributed by atoms with E-state index in [1.54, 1.807) is 6.07 Å². The van der Waals surface area contributed by atoms with Crippen molar-refractivity contribution < 1.29 is 9.67 Å². The summed E-state index contributed by atoms with van der Waals surface area (Å²) in [5.74, 6) is 0.303. The second-order valence-corrected chi connectivity index (χ2v) is 5.19. The number of nitrogens with zero attached hydrogens (tertiary/aromatic N) is 1. The number of phenolic OH excluding ortho intramolecular Hbond substituents is 1. The first-order valence-corrected chi connectivity index (χ1v) is 6.67. The molecule has 0 saturated heterocycles. The maximum absolute atomic E-state index is 9.66. The Balaban J connectivity index is 2.31. The van der Waals surface area contributed by atoms with E-state index in [0.29, 0.717) is 5.75 Å². The first kappa shape index (κ1) is 11.2. The Morgan fingerprint density at radius 3 is 2.50 bits per heavy atom. The second-order valence-electron chi connectivity index (χ2n) is 5.19. The third-order valence-electron chi connectivity index (χ3n) is 3.91. The van der Waals surface area contributed by atoms with Gasteiger partial charge in [0.05, 0.1) is 16.2 Å². The molecule has 0 amide bonds. The van der Waals surface area contributed by atoms with Crippen molar-refractivity contribution in [3.05, 3.63) is 60.8 Å². The lowest BCUT2D eigenvalue weighted by Gasteiger charge is -2.06. The predicted molar refractivity (Wildman–Crippen MR) is 81.8 cm³/mol. The van der Waals surface area contributed by atoms with Crippen LogP contribution in [0.4, 0.5) is 0 Å². The number of hydrogen-bond donors (Lipinski definition) is 1. The van der Waals surface area contributed by atoms with Crippen molar-refractivity contribution in [2.45, 2.75) is 0 Å². The van der Waals surface area contributed by atoms with Crippen molar-refractivity contribution in [3.63, 3.8) is 0 Å². The molecule has 1 N–H and O–H groups in total. The van der Waals surface area contributed by atoms with Crippen LogP contribution in [0.5, 0.6) is 5.75 Å². The smallest absolute Gasteiger partial charge is 0.220 e. The van der Waals surface area contributed by atoms with Crippen LogP contribution in [0, 0.1) is 0 Å². The minimum atomic E-state index is 0.303. The van der Waals surface area contributed by atoms with Crippen LogP contribution < -0.4 is 4.57 Å². The fourth-order valence-electron chi connectivity index (χ4n) is 3.03. The number of aromatic hydroxyl groups is 1. The molecule has 3 aromatic carbocycles. The van der Waals surface area contributed by atoms with E-state index in [1.807, 2.05) is 12.1 Å². The number of benzene rings is 3. The number of rotatable bonds is 0. The normalized spacial score (nSPS) is 11.4. The van der Waals surface area contributed by atoms with Crippen molar-refractivity contribution >= 4 is 32.4 Å². The Hall–Kier alpha value is -2.61. The minimum Gasteiger partial charge on any atom is -0.508 e. The zero-order valence-electron chi connectivity index (χ0n) is 11.2. The maximum Gasteiger partial charge on any atom is 0.220 e. The van der Waals surface area contributed by atoms with E-state index in [0.717, 1.165) is 5.39 Å². The summed E-state index contributed by atoms with van der Waals surface area (Å²) < 4.78 is 2.14. The molecule has 20 heavy (non-hydrogen) atoms. The molecule has 0 bridgehead atoms. The summed E-state index contributed by atoms with van der Waals surface area (Å²) in [7, 11) is 2.05. The molecule has 0 saturated carbocycles. The zero-order chi connectivity index (χ0) is 13.7. The van der Waals surface area contributed by atoms with Gasteiger partial charge in [0, 0.05) is 5.39 Å². The maximum atomic E-state index is 9.66. The Labute approximate surface area is 116 Å². The van der Waals surface area contributed by atoms with Gasteiger partial charge in [0.25, 0.3) is 0 Å². The lowest BCUT2D eigenvalue weighted by molar-refractivity contribution is -0.642. The van der Waals surface area contributed by atoms with Crippen LogP contribution in [0.3, 0.4) is 0 Å². The molecule has 0 spiro atoms. The lowest BCUT2D eigenvalue weighted by Crippen LogP contribution is -2.28. The van der Waals surface area contributed by atoms with Gasteiger partial charge in [0.15, 0.2) is 6.20 Å². The number of aryl methyl sites for hydroxylation is 1. The van der Waals surface area contributed by atoms with Crippen LogP contribution in [0.2, 0.25) is 0 Å². The monoisotopic (exact) mass is 260 g/mol. The fourth-order valence-corrected chi connectivity index (χ4v) is 3.03. The molecule has 1 aromatic heterocycles. The number of pyridine rings is 1. The Bertz CT molecular complexity index is 973. The third-order valence-corrected chi connectivity index (χ3v) is 3.91. The van der Waals surface area contributed by atoms with Crippen LogP contribution in [0.25, 0.3) is 32.4 Å². The van der Waals surface area contributed by atoms with Crippen molar-refractivity contribution in [2.75, 3.05) is 0 Å². The van der Waals surface area contributed by atoms with Crippen LogP contribution in [-0.2, 0) is 7.05 Å².